The first kappa shape index (κ1) is 16.8. The summed E-state index contributed by atoms with van der Waals surface area (Å²) in [4.78, 5) is 14.6. The first-order chi connectivity index (χ1) is 10.9. The van der Waals surface area contributed by atoms with Crippen molar-refractivity contribution in [1.82, 2.24) is 15.5 Å². The number of nitrogens with one attached hydrogen (secondary N) is 1. The van der Waals surface area contributed by atoms with Crippen LogP contribution in [0.5, 0.6) is 0 Å². The SMILES string of the molecule is CCCNC(=O)OCc1ccc(-c2noc(C(F)(F)F)n2)cc1. The van der Waals surface area contributed by atoms with E-state index in [1.807, 2.05) is 6.92 Å². The summed E-state index contributed by atoms with van der Waals surface area (Å²) in [7, 11) is 0. The molecule has 0 saturated heterocycles. The number of hydrogen-bond acceptors (Lipinski definition) is 5. The predicted octanol–water partition coefficient (Wildman–Crippen LogP) is 3.39. The molecule has 23 heavy (non-hydrogen) atoms. The third-order valence-electron chi connectivity index (χ3n) is 2.77. The van der Waals surface area contributed by atoms with Crippen LogP contribution in [0.25, 0.3) is 11.4 Å². The zero-order valence-electron chi connectivity index (χ0n) is 12.2. The lowest BCUT2D eigenvalue weighted by Crippen LogP contribution is -2.24. The fraction of sp³-hybridized carbons (Fsp3) is 0.357. The molecule has 1 heterocycles. The van der Waals surface area contributed by atoms with Crippen molar-refractivity contribution >= 4 is 6.09 Å². The maximum absolute atomic E-state index is 12.4. The second-order valence-electron chi connectivity index (χ2n) is 4.62. The summed E-state index contributed by atoms with van der Waals surface area (Å²) in [5.74, 6) is -1.56. The Morgan fingerprint density at radius 3 is 2.57 bits per heavy atom. The molecule has 1 N–H and O–H groups in total. The molecule has 124 valence electrons. The van der Waals surface area contributed by atoms with Crippen molar-refractivity contribution in [3.63, 3.8) is 0 Å². The molecule has 2 rings (SSSR count). The number of amides is 1. The van der Waals surface area contributed by atoms with Crippen molar-refractivity contribution in [2.24, 2.45) is 0 Å². The van der Waals surface area contributed by atoms with Gasteiger partial charge in [0.1, 0.15) is 6.61 Å². The number of nitrogens with zero attached hydrogens (tertiary/aromatic N) is 2. The quantitative estimate of drug-likeness (QED) is 0.910. The van der Waals surface area contributed by atoms with E-state index in [1.165, 1.54) is 12.1 Å². The Kier molecular flexibility index (Phi) is 5.20. The average Bonchev–Trinajstić information content (AvgIpc) is 3.01. The van der Waals surface area contributed by atoms with Gasteiger partial charge >= 0.3 is 18.2 Å². The number of alkyl carbamates (subject to hydrolysis) is 1. The summed E-state index contributed by atoms with van der Waals surface area (Å²) in [5, 5.41) is 5.85. The van der Waals surface area contributed by atoms with Crippen LogP contribution in [0.2, 0.25) is 0 Å². The van der Waals surface area contributed by atoms with Crippen LogP contribution in [-0.2, 0) is 17.5 Å². The number of carbonyl (C=O) groups excluding carboxylic acids is 1. The van der Waals surface area contributed by atoms with Gasteiger partial charge in [-0.25, -0.2) is 4.79 Å². The van der Waals surface area contributed by atoms with Crippen molar-refractivity contribution in [2.45, 2.75) is 26.1 Å². The van der Waals surface area contributed by atoms with E-state index >= 15 is 0 Å². The molecular formula is C14H14F3N3O3. The van der Waals surface area contributed by atoms with Gasteiger partial charge in [0, 0.05) is 12.1 Å². The van der Waals surface area contributed by atoms with Crippen LogP contribution in [0.1, 0.15) is 24.8 Å². The largest absolute Gasteiger partial charge is 0.471 e. The van der Waals surface area contributed by atoms with Crippen LogP contribution < -0.4 is 5.32 Å². The normalized spacial score (nSPS) is 11.3. The van der Waals surface area contributed by atoms with E-state index < -0.39 is 18.2 Å². The minimum Gasteiger partial charge on any atom is -0.445 e. The van der Waals surface area contributed by atoms with Crippen molar-refractivity contribution in [3.8, 4) is 11.4 Å². The average molecular weight is 329 g/mol. The topological polar surface area (TPSA) is 77.2 Å². The monoisotopic (exact) mass is 329 g/mol. The lowest BCUT2D eigenvalue weighted by Gasteiger charge is -2.06. The maximum Gasteiger partial charge on any atom is 0.471 e. The molecule has 0 radical (unpaired) electrons. The predicted molar refractivity (Wildman–Crippen MR) is 73.2 cm³/mol. The Morgan fingerprint density at radius 1 is 1.30 bits per heavy atom. The molecule has 0 unspecified atom stereocenters. The minimum absolute atomic E-state index is 0.0515. The molecule has 2 aromatic rings. The van der Waals surface area contributed by atoms with E-state index in [0.29, 0.717) is 17.7 Å². The summed E-state index contributed by atoms with van der Waals surface area (Å²) in [6.45, 7) is 2.49. The van der Waals surface area contributed by atoms with E-state index in [9.17, 15) is 18.0 Å². The van der Waals surface area contributed by atoms with E-state index in [0.717, 1.165) is 6.42 Å². The van der Waals surface area contributed by atoms with Gasteiger partial charge in [-0.15, -0.1) is 0 Å². The second kappa shape index (κ2) is 7.12. The summed E-state index contributed by atoms with van der Waals surface area (Å²) in [5.41, 5.74) is 1.04. The molecule has 0 saturated carbocycles. The van der Waals surface area contributed by atoms with Crippen LogP contribution in [0.15, 0.2) is 28.8 Å². The molecule has 0 fully saturated rings. The van der Waals surface area contributed by atoms with Crippen LogP contribution in [0.3, 0.4) is 0 Å². The Balaban J connectivity index is 1.97. The number of alkyl halides is 3. The minimum atomic E-state index is -4.68. The molecule has 1 amide bonds. The highest BCUT2D eigenvalue weighted by molar-refractivity contribution is 5.67. The van der Waals surface area contributed by atoms with Gasteiger partial charge in [0.15, 0.2) is 0 Å². The molecule has 0 spiro atoms. The number of hydrogen-bond donors (Lipinski definition) is 1. The number of benzene rings is 1. The lowest BCUT2D eigenvalue weighted by molar-refractivity contribution is -0.159. The first-order valence-electron chi connectivity index (χ1n) is 6.81. The summed E-state index contributed by atoms with van der Waals surface area (Å²) in [6, 6.07) is 6.25. The number of carbonyl (C=O) groups is 1. The Hall–Kier alpha value is -2.58. The highest BCUT2D eigenvalue weighted by atomic mass is 19.4. The molecule has 1 aromatic carbocycles. The number of ether oxygens (including phenoxy) is 1. The number of aromatic nitrogens is 2. The fourth-order valence-electron chi connectivity index (χ4n) is 1.63. The Labute approximate surface area is 129 Å². The van der Waals surface area contributed by atoms with Gasteiger partial charge in [0.05, 0.1) is 0 Å². The first-order valence-corrected chi connectivity index (χ1v) is 6.81. The Morgan fingerprint density at radius 2 is 2.00 bits per heavy atom. The van der Waals surface area contributed by atoms with Gasteiger partial charge in [-0.2, -0.15) is 18.2 Å². The second-order valence-corrected chi connectivity index (χ2v) is 4.62. The van der Waals surface area contributed by atoms with Gasteiger partial charge in [-0.05, 0) is 12.0 Å². The Bertz CT molecular complexity index is 653. The molecule has 0 aliphatic heterocycles. The maximum atomic E-state index is 12.4. The van der Waals surface area contributed by atoms with E-state index in [4.69, 9.17) is 4.74 Å². The highest BCUT2D eigenvalue weighted by Crippen LogP contribution is 2.29. The summed E-state index contributed by atoms with van der Waals surface area (Å²) < 4.78 is 46.3. The lowest BCUT2D eigenvalue weighted by atomic mass is 10.1. The van der Waals surface area contributed by atoms with Crippen LogP contribution >= 0.6 is 0 Å². The molecule has 6 nitrogen and oxygen atoms in total. The van der Waals surface area contributed by atoms with Crippen LogP contribution in [-0.4, -0.2) is 22.8 Å². The van der Waals surface area contributed by atoms with Gasteiger partial charge in [0.25, 0.3) is 0 Å². The van der Waals surface area contributed by atoms with Gasteiger partial charge in [0.2, 0.25) is 5.82 Å². The van der Waals surface area contributed by atoms with E-state index in [2.05, 4.69) is 20.0 Å². The fourth-order valence-corrected chi connectivity index (χ4v) is 1.63. The van der Waals surface area contributed by atoms with E-state index in [-0.39, 0.29) is 12.4 Å². The van der Waals surface area contributed by atoms with Crippen molar-refractivity contribution < 1.29 is 27.2 Å². The standard InChI is InChI=1S/C14H14F3N3O3/c1-2-7-18-13(21)22-8-9-3-5-10(6-4-9)11-19-12(23-20-11)14(15,16)17/h3-6H,2,7-8H2,1H3,(H,18,21). The van der Waals surface area contributed by atoms with Crippen molar-refractivity contribution in [1.29, 1.82) is 0 Å². The third-order valence-corrected chi connectivity index (χ3v) is 2.77. The molecule has 0 aliphatic carbocycles. The summed E-state index contributed by atoms with van der Waals surface area (Å²) >= 11 is 0. The van der Waals surface area contributed by atoms with Gasteiger partial charge in [-0.1, -0.05) is 36.3 Å². The molecule has 0 aliphatic rings. The number of halogens is 3. The zero-order chi connectivity index (χ0) is 16.9. The molecule has 0 bridgehead atoms. The molecule has 0 atom stereocenters. The van der Waals surface area contributed by atoms with Crippen molar-refractivity contribution in [2.75, 3.05) is 6.54 Å². The van der Waals surface area contributed by atoms with Gasteiger partial charge < -0.3 is 14.6 Å². The van der Waals surface area contributed by atoms with Gasteiger partial charge in [-0.3, -0.25) is 0 Å². The number of rotatable bonds is 5. The summed E-state index contributed by atoms with van der Waals surface area (Å²) in [6.07, 6.45) is -4.40. The smallest absolute Gasteiger partial charge is 0.445 e. The van der Waals surface area contributed by atoms with Crippen LogP contribution in [0.4, 0.5) is 18.0 Å². The van der Waals surface area contributed by atoms with E-state index in [1.54, 1.807) is 12.1 Å². The molecule has 9 heteroatoms. The molecular weight excluding hydrogens is 315 g/mol. The highest BCUT2D eigenvalue weighted by Gasteiger charge is 2.38. The zero-order valence-corrected chi connectivity index (χ0v) is 12.2. The van der Waals surface area contributed by atoms with Crippen LogP contribution in [0, 0.1) is 0 Å². The van der Waals surface area contributed by atoms with Crippen molar-refractivity contribution in [3.05, 3.63) is 35.7 Å². The molecule has 1 aromatic heterocycles. The third kappa shape index (κ3) is 4.70.